The molecule has 0 unspecified atom stereocenters. The van der Waals surface area contributed by atoms with Crippen LogP contribution < -0.4 is 0 Å². The maximum absolute atomic E-state index is 12.3. The fourth-order valence-corrected chi connectivity index (χ4v) is 2.48. The molecule has 124 valence electrons. The van der Waals surface area contributed by atoms with Crippen molar-refractivity contribution in [2.45, 2.75) is 65.3 Å². The molecule has 22 heavy (non-hydrogen) atoms. The first-order valence-corrected chi connectivity index (χ1v) is 7.99. The van der Waals surface area contributed by atoms with E-state index in [-0.39, 0.29) is 30.7 Å². The fraction of sp³-hybridized carbons (Fsp3) is 0.706. The van der Waals surface area contributed by atoms with Crippen molar-refractivity contribution in [1.82, 2.24) is 0 Å². The van der Waals surface area contributed by atoms with Crippen LogP contribution in [0.1, 0.15) is 52.9 Å². The number of carbonyl (C=O) groups excluding carboxylic acids is 2. The van der Waals surface area contributed by atoms with Gasteiger partial charge in [-0.3, -0.25) is 4.79 Å². The van der Waals surface area contributed by atoms with Gasteiger partial charge in [0.2, 0.25) is 6.29 Å². The van der Waals surface area contributed by atoms with Crippen LogP contribution in [0.15, 0.2) is 17.9 Å². The van der Waals surface area contributed by atoms with Crippen LogP contribution in [-0.4, -0.2) is 30.9 Å². The predicted octanol–water partition coefficient (Wildman–Crippen LogP) is 3.14. The van der Waals surface area contributed by atoms with Gasteiger partial charge in [0, 0.05) is 12.8 Å². The summed E-state index contributed by atoms with van der Waals surface area (Å²) in [6, 6.07) is 0. The molecule has 1 saturated heterocycles. The van der Waals surface area contributed by atoms with Gasteiger partial charge in [0.25, 0.3) is 0 Å². The minimum Gasteiger partial charge on any atom is -0.462 e. The van der Waals surface area contributed by atoms with Gasteiger partial charge in [-0.05, 0) is 13.3 Å². The van der Waals surface area contributed by atoms with E-state index >= 15 is 0 Å². The highest BCUT2D eigenvalue weighted by Crippen LogP contribution is 2.30. The zero-order valence-corrected chi connectivity index (χ0v) is 13.7. The van der Waals surface area contributed by atoms with Crippen LogP contribution in [0.2, 0.25) is 0 Å². The van der Waals surface area contributed by atoms with Crippen molar-refractivity contribution in [3.05, 3.63) is 17.9 Å². The molecule has 0 spiro atoms. The van der Waals surface area contributed by atoms with Crippen molar-refractivity contribution < 1.29 is 23.8 Å². The fourth-order valence-electron chi connectivity index (χ4n) is 2.48. The Morgan fingerprint density at radius 1 is 1.27 bits per heavy atom. The number of esters is 2. The minimum absolute atomic E-state index is 0.185. The molecule has 0 aromatic heterocycles. The maximum atomic E-state index is 12.3. The van der Waals surface area contributed by atoms with Gasteiger partial charge in [-0.15, -0.1) is 5.73 Å². The average Bonchev–Trinajstić information content (AvgIpc) is 2.47. The quantitative estimate of drug-likeness (QED) is 0.391. The molecule has 0 N–H and O–H groups in total. The van der Waals surface area contributed by atoms with Gasteiger partial charge in [0.15, 0.2) is 0 Å². The monoisotopic (exact) mass is 310 g/mol. The molecule has 1 rings (SSSR count). The Morgan fingerprint density at radius 3 is 2.50 bits per heavy atom. The molecule has 1 aliphatic rings. The highest BCUT2D eigenvalue weighted by atomic mass is 16.7. The van der Waals surface area contributed by atoms with Crippen molar-refractivity contribution in [1.29, 1.82) is 0 Å². The summed E-state index contributed by atoms with van der Waals surface area (Å²) in [7, 11) is 0. The van der Waals surface area contributed by atoms with Crippen molar-refractivity contribution in [2.75, 3.05) is 6.61 Å². The van der Waals surface area contributed by atoms with Crippen LogP contribution in [-0.2, 0) is 23.8 Å². The second kappa shape index (κ2) is 9.44. The second-order valence-corrected chi connectivity index (χ2v) is 5.30. The van der Waals surface area contributed by atoms with E-state index in [2.05, 4.69) is 12.3 Å². The Morgan fingerprint density at radius 2 is 1.95 bits per heavy atom. The summed E-state index contributed by atoms with van der Waals surface area (Å²) in [6.45, 7) is 9.56. The summed E-state index contributed by atoms with van der Waals surface area (Å²) < 4.78 is 16.2. The highest BCUT2D eigenvalue weighted by molar-refractivity contribution is 5.89. The number of rotatable bonds is 8. The van der Waals surface area contributed by atoms with Gasteiger partial charge in [0.1, 0.15) is 0 Å². The molecule has 1 aliphatic heterocycles. The molecular weight excluding hydrogens is 284 g/mol. The molecule has 0 radical (unpaired) electrons. The lowest BCUT2D eigenvalue weighted by Gasteiger charge is -2.35. The zero-order valence-electron chi connectivity index (χ0n) is 13.7. The minimum atomic E-state index is -0.512. The van der Waals surface area contributed by atoms with Gasteiger partial charge in [-0.2, -0.15) is 0 Å². The topological polar surface area (TPSA) is 61.8 Å². The lowest BCUT2D eigenvalue weighted by molar-refractivity contribution is -0.232. The number of hydrogen-bond acceptors (Lipinski definition) is 5. The second-order valence-electron chi connectivity index (χ2n) is 5.30. The third-order valence-electron chi connectivity index (χ3n) is 3.58. The lowest BCUT2D eigenvalue weighted by atomic mass is 9.90. The van der Waals surface area contributed by atoms with Crippen LogP contribution in [0.4, 0.5) is 0 Å². The zero-order chi connectivity index (χ0) is 16.5. The molecule has 1 fully saturated rings. The standard InChI is InChI=1S/C17H26O5/c1-5-9-14-13(11-12(7-3)16(18)20-8-4)17(19)22-15(21-14)10-6-2/h13-15H,3,5-6,8-11H2,1-2,4H3/t13-,14-,15-/m0/s1. The van der Waals surface area contributed by atoms with Crippen molar-refractivity contribution in [2.24, 2.45) is 5.92 Å². The van der Waals surface area contributed by atoms with Crippen LogP contribution in [0, 0.1) is 5.92 Å². The third-order valence-corrected chi connectivity index (χ3v) is 3.58. The van der Waals surface area contributed by atoms with Crippen LogP contribution in [0.3, 0.4) is 0 Å². The van der Waals surface area contributed by atoms with Crippen molar-refractivity contribution in [3.8, 4) is 0 Å². The van der Waals surface area contributed by atoms with Gasteiger partial charge < -0.3 is 14.2 Å². The number of cyclic esters (lactones) is 1. The maximum Gasteiger partial charge on any atom is 0.341 e. The molecule has 0 saturated carbocycles. The molecule has 3 atom stereocenters. The summed E-state index contributed by atoms with van der Waals surface area (Å²) in [4.78, 5) is 24.1. The Labute approximate surface area is 132 Å². The molecule has 1 heterocycles. The summed E-state index contributed by atoms with van der Waals surface area (Å²) >= 11 is 0. The molecule has 0 aliphatic carbocycles. The van der Waals surface area contributed by atoms with E-state index in [1.807, 2.05) is 13.8 Å². The third kappa shape index (κ3) is 5.00. The molecule has 0 aromatic carbocycles. The van der Waals surface area contributed by atoms with Crippen LogP contribution in [0.5, 0.6) is 0 Å². The summed E-state index contributed by atoms with van der Waals surface area (Å²) in [6.07, 6.45) is 2.64. The van der Waals surface area contributed by atoms with E-state index in [9.17, 15) is 9.59 Å². The normalized spacial score (nSPS) is 24.3. The molecular formula is C17H26O5. The molecule has 0 amide bonds. The molecule has 5 heteroatoms. The summed E-state index contributed by atoms with van der Waals surface area (Å²) in [5.41, 5.74) is 2.85. The van der Waals surface area contributed by atoms with E-state index in [1.54, 1.807) is 6.92 Å². The van der Waals surface area contributed by atoms with E-state index in [0.29, 0.717) is 6.42 Å². The smallest absolute Gasteiger partial charge is 0.341 e. The first-order chi connectivity index (χ1) is 10.6. The van der Waals surface area contributed by atoms with Crippen molar-refractivity contribution >= 4 is 11.9 Å². The van der Waals surface area contributed by atoms with E-state index < -0.39 is 18.2 Å². The summed E-state index contributed by atoms with van der Waals surface area (Å²) in [5.74, 6) is -1.32. The Balaban J connectivity index is 2.83. The Hall–Kier alpha value is -1.58. The van der Waals surface area contributed by atoms with Gasteiger partial charge >= 0.3 is 11.9 Å². The van der Waals surface area contributed by atoms with Crippen LogP contribution >= 0.6 is 0 Å². The highest BCUT2D eigenvalue weighted by Gasteiger charge is 2.39. The van der Waals surface area contributed by atoms with Gasteiger partial charge in [0.05, 0.1) is 24.2 Å². The lowest BCUT2D eigenvalue weighted by Crippen LogP contribution is -2.44. The van der Waals surface area contributed by atoms with E-state index in [4.69, 9.17) is 14.2 Å². The van der Waals surface area contributed by atoms with Crippen LogP contribution in [0.25, 0.3) is 0 Å². The first kappa shape index (κ1) is 18.5. The molecule has 0 aromatic rings. The largest absolute Gasteiger partial charge is 0.462 e. The van der Waals surface area contributed by atoms with E-state index in [0.717, 1.165) is 19.3 Å². The SMILES string of the molecule is C=C=C(C[C@@H]1C(=O)O[C@@H](CCC)O[C@H]1CCC)C(=O)OCC. The predicted molar refractivity (Wildman–Crippen MR) is 82.0 cm³/mol. The molecule has 5 nitrogen and oxygen atoms in total. The van der Waals surface area contributed by atoms with Crippen molar-refractivity contribution in [3.63, 3.8) is 0 Å². The Bertz CT molecular complexity index is 436. The molecule has 0 bridgehead atoms. The number of ether oxygens (including phenoxy) is 3. The summed E-state index contributed by atoms with van der Waals surface area (Å²) in [5, 5.41) is 0. The average molecular weight is 310 g/mol. The number of carbonyl (C=O) groups is 2. The van der Waals surface area contributed by atoms with E-state index in [1.165, 1.54) is 0 Å². The van der Waals surface area contributed by atoms with Gasteiger partial charge in [-0.25, -0.2) is 4.79 Å². The van der Waals surface area contributed by atoms with Gasteiger partial charge in [-0.1, -0.05) is 33.3 Å². The first-order valence-electron chi connectivity index (χ1n) is 7.99. The Kier molecular flexibility index (Phi) is 7.92. The number of hydrogen-bond donors (Lipinski definition) is 0.